The van der Waals surface area contributed by atoms with Crippen molar-refractivity contribution in [1.82, 2.24) is 15.1 Å². The molecular weight excluding hydrogens is 318 g/mol. The van der Waals surface area contributed by atoms with E-state index in [4.69, 9.17) is 9.47 Å². The molecule has 0 atom stereocenters. The van der Waals surface area contributed by atoms with Crippen LogP contribution in [0.25, 0.3) is 5.69 Å². The molecule has 0 bridgehead atoms. The minimum atomic E-state index is -0.124. The zero-order valence-electron chi connectivity index (χ0n) is 13.7. The predicted molar refractivity (Wildman–Crippen MR) is 92.0 cm³/mol. The fourth-order valence-electron chi connectivity index (χ4n) is 2.73. The van der Waals surface area contributed by atoms with Gasteiger partial charge in [-0.2, -0.15) is 5.10 Å². The van der Waals surface area contributed by atoms with Crippen LogP contribution in [0.15, 0.2) is 54.7 Å². The lowest BCUT2D eigenvalue weighted by Crippen LogP contribution is -2.22. The third-order valence-electron chi connectivity index (χ3n) is 4.10. The Morgan fingerprint density at radius 1 is 1.12 bits per heavy atom. The van der Waals surface area contributed by atoms with Gasteiger partial charge in [0.05, 0.1) is 5.69 Å². The number of carbonyl (C=O) groups excluding carboxylic acids is 1. The molecule has 0 saturated heterocycles. The van der Waals surface area contributed by atoms with Crippen molar-refractivity contribution in [3.05, 3.63) is 71.5 Å². The summed E-state index contributed by atoms with van der Waals surface area (Å²) in [5.74, 6) is 1.33. The van der Waals surface area contributed by atoms with Crippen LogP contribution >= 0.6 is 0 Å². The summed E-state index contributed by atoms with van der Waals surface area (Å²) in [7, 11) is 0. The molecule has 25 heavy (non-hydrogen) atoms. The maximum atomic E-state index is 12.3. The van der Waals surface area contributed by atoms with Gasteiger partial charge >= 0.3 is 0 Å². The van der Waals surface area contributed by atoms with E-state index in [1.54, 1.807) is 18.3 Å². The molecule has 1 aliphatic heterocycles. The lowest BCUT2D eigenvalue weighted by atomic mass is 10.1. The molecular formula is C19H17N3O3. The number of carbonyl (C=O) groups is 1. The zero-order chi connectivity index (χ0) is 17.2. The van der Waals surface area contributed by atoms with Gasteiger partial charge in [-0.15, -0.1) is 0 Å². The SMILES string of the molecule is Cc1ccnn1-c1ccc(C(=O)NCc2ccc3c(c2)OCO3)cc1. The van der Waals surface area contributed by atoms with Crippen molar-refractivity contribution < 1.29 is 14.3 Å². The van der Waals surface area contributed by atoms with Crippen molar-refractivity contribution in [1.29, 1.82) is 0 Å². The highest BCUT2D eigenvalue weighted by atomic mass is 16.7. The van der Waals surface area contributed by atoms with Crippen LogP contribution in [0, 0.1) is 6.92 Å². The molecule has 2 heterocycles. The Morgan fingerprint density at radius 2 is 1.92 bits per heavy atom. The Labute approximate surface area is 145 Å². The molecule has 0 unspecified atom stereocenters. The molecule has 0 spiro atoms. The number of hydrogen-bond acceptors (Lipinski definition) is 4. The molecule has 3 aromatic rings. The Kier molecular flexibility index (Phi) is 3.85. The van der Waals surface area contributed by atoms with Crippen molar-refractivity contribution in [3.63, 3.8) is 0 Å². The Morgan fingerprint density at radius 3 is 2.68 bits per heavy atom. The van der Waals surface area contributed by atoms with E-state index in [1.807, 2.05) is 48.0 Å². The summed E-state index contributed by atoms with van der Waals surface area (Å²) in [6.45, 7) is 2.65. The number of nitrogens with one attached hydrogen (secondary N) is 1. The highest BCUT2D eigenvalue weighted by Gasteiger charge is 2.13. The average molecular weight is 335 g/mol. The van der Waals surface area contributed by atoms with E-state index in [-0.39, 0.29) is 12.7 Å². The molecule has 2 aromatic carbocycles. The molecule has 4 rings (SSSR count). The van der Waals surface area contributed by atoms with E-state index in [9.17, 15) is 4.79 Å². The van der Waals surface area contributed by atoms with Gasteiger partial charge in [0.1, 0.15) is 0 Å². The average Bonchev–Trinajstić information content (AvgIpc) is 3.28. The third kappa shape index (κ3) is 3.06. The van der Waals surface area contributed by atoms with E-state index in [0.29, 0.717) is 17.9 Å². The van der Waals surface area contributed by atoms with Gasteiger partial charge in [-0.1, -0.05) is 6.07 Å². The number of aryl methyl sites for hydroxylation is 1. The van der Waals surface area contributed by atoms with E-state index < -0.39 is 0 Å². The Balaban J connectivity index is 1.42. The first kappa shape index (κ1) is 15.3. The first-order valence-electron chi connectivity index (χ1n) is 7.98. The quantitative estimate of drug-likeness (QED) is 0.796. The molecule has 0 saturated carbocycles. The van der Waals surface area contributed by atoms with Crippen molar-refractivity contribution in [2.24, 2.45) is 0 Å². The van der Waals surface area contributed by atoms with Gasteiger partial charge in [0.2, 0.25) is 6.79 Å². The molecule has 126 valence electrons. The topological polar surface area (TPSA) is 65.4 Å². The molecule has 1 aliphatic rings. The van der Waals surface area contributed by atoms with Crippen LogP contribution in [0.4, 0.5) is 0 Å². The normalized spacial score (nSPS) is 12.2. The molecule has 0 radical (unpaired) electrons. The van der Waals surface area contributed by atoms with Crippen molar-refractivity contribution in [3.8, 4) is 17.2 Å². The van der Waals surface area contributed by atoms with E-state index in [0.717, 1.165) is 22.7 Å². The Bertz CT molecular complexity index is 916. The van der Waals surface area contributed by atoms with Gasteiger partial charge in [-0.25, -0.2) is 4.68 Å². The summed E-state index contributed by atoms with van der Waals surface area (Å²) in [4.78, 5) is 12.3. The molecule has 1 aromatic heterocycles. The van der Waals surface area contributed by atoms with E-state index >= 15 is 0 Å². The lowest BCUT2D eigenvalue weighted by Gasteiger charge is -2.08. The minimum absolute atomic E-state index is 0.124. The molecule has 1 amide bonds. The maximum Gasteiger partial charge on any atom is 0.251 e. The molecule has 6 heteroatoms. The van der Waals surface area contributed by atoms with Crippen LogP contribution in [-0.2, 0) is 6.54 Å². The van der Waals surface area contributed by atoms with E-state index in [2.05, 4.69) is 10.4 Å². The molecule has 6 nitrogen and oxygen atoms in total. The standard InChI is InChI=1S/C19H17N3O3/c1-13-8-9-21-22(13)16-5-3-15(4-6-16)19(23)20-11-14-2-7-17-18(10-14)25-12-24-17/h2-10H,11-12H2,1H3,(H,20,23). The summed E-state index contributed by atoms with van der Waals surface area (Å²) in [6, 6.07) is 14.9. The number of nitrogens with zero attached hydrogens (tertiary/aromatic N) is 2. The Hall–Kier alpha value is -3.28. The van der Waals surface area contributed by atoms with Gasteiger partial charge in [0, 0.05) is 24.0 Å². The van der Waals surface area contributed by atoms with E-state index in [1.165, 1.54) is 0 Å². The number of hydrogen-bond donors (Lipinski definition) is 1. The fraction of sp³-hybridized carbons (Fsp3) is 0.158. The number of fused-ring (bicyclic) bond motifs is 1. The van der Waals surface area contributed by atoms with Gasteiger partial charge in [0.25, 0.3) is 5.91 Å². The summed E-state index contributed by atoms with van der Waals surface area (Å²) in [5, 5.41) is 7.17. The monoisotopic (exact) mass is 335 g/mol. The molecule has 0 fully saturated rings. The van der Waals surface area contributed by atoms with Crippen molar-refractivity contribution in [2.75, 3.05) is 6.79 Å². The summed E-state index contributed by atoms with van der Waals surface area (Å²) in [5.41, 5.74) is 3.53. The first-order chi connectivity index (χ1) is 12.2. The maximum absolute atomic E-state index is 12.3. The van der Waals surface area contributed by atoms with Gasteiger partial charge in [0.15, 0.2) is 11.5 Å². The van der Waals surface area contributed by atoms with Crippen LogP contribution in [0.1, 0.15) is 21.6 Å². The van der Waals surface area contributed by atoms with Crippen LogP contribution in [0.2, 0.25) is 0 Å². The minimum Gasteiger partial charge on any atom is -0.454 e. The summed E-state index contributed by atoms with van der Waals surface area (Å²) < 4.78 is 12.5. The third-order valence-corrected chi connectivity index (χ3v) is 4.10. The largest absolute Gasteiger partial charge is 0.454 e. The smallest absolute Gasteiger partial charge is 0.251 e. The molecule has 0 aliphatic carbocycles. The van der Waals surface area contributed by atoms with Crippen LogP contribution in [0.3, 0.4) is 0 Å². The second-order valence-corrected chi connectivity index (χ2v) is 5.80. The van der Waals surface area contributed by atoms with Gasteiger partial charge in [-0.05, 0) is 55.0 Å². The lowest BCUT2D eigenvalue weighted by molar-refractivity contribution is 0.0951. The second kappa shape index (κ2) is 6.32. The number of rotatable bonds is 4. The second-order valence-electron chi connectivity index (χ2n) is 5.80. The number of amides is 1. The summed E-state index contributed by atoms with van der Waals surface area (Å²) >= 11 is 0. The van der Waals surface area contributed by atoms with Crippen LogP contribution in [0.5, 0.6) is 11.5 Å². The highest BCUT2D eigenvalue weighted by Crippen LogP contribution is 2.32. The fourth-order valence-corrected chi connectivity index (χ4v) is 2.73. The number of aromatic nitrogens is 2. The number of ether oxygens (including phenoxy) is 2. The summed E-state index contributed by atoms with van der Waals surface area (Å²) in [6.07, 6.45) is 1.75. The molecule has 1 N–H and O–H groups in total. The van der Waals surface area contributed by atoms with Crippen molar-refractivity contribution in [2.45, 2.75) is 13.5 Å². The predicted octanol–water partition coefficient (Wildman–Crippen LogP) is 2.84. The van der Waals surface area contributed by atoms with Crippen LogP contribution < -0.4 is 14.8 Å². The number of benzene rings is 2. The zero-order valence-corrected chi connectivity index (χ0v) is 13.7. The van der Waals surface area contributed by atoms with Gasteiger partial charge < -0.3 is 14.8 Å². The highest BCUT2D eigenvalue weighted by molar-refractivity contribution is 5.94. The van der Waals surface area contributed by atoms with Crippen LogP contribution in [-0.4, -0.2) is 22.5 Å². The van der Waals surface area contributed by atoms with Crippen molar-refractivity contribution >= 4 is 5.91 Å². The first-order valence-corrected chi connectivity index (χ1v) is 7.98. The van der Waals surface area contributed by atoms with Gasteiger partial charge in [-0.3, -0.25) is 4.79 Å².